The SMILES string of the molecule is Cc1ccc([N+](=O)[O-])c(Oc2ncnc(N)c2[N+](=O)[O-])c1. The molecule has 10 heteroatoms. The van der Waals surface area contributed by atoms with E-state index < -0.39 is 21.4 Å². The predicted molar refractivity (Wildman–Crippen MR) is 71.0 cm³/mol. The van der Waals surface area contributed by atoms with Gasteiger partial charge in [0, 0.05) is 6.07 Å². The van der Waals surface area contributed by atoms with Crippen molar-refractivity contribution < 1.29 is 14.6 Å². The molecule has 108 valence electrons. The van der Waals surface area contributed by atoms with Gasteiger partial charge in [-0.1, -0.05) is 6.07 Å². The van der Waals surface area contributed by atoms with Crippen LogP contribution in [0.5, 0.6) is 11.6 Å². The number of nitrogens with two attached hydrogens (primary N) is 1. The van der Waals surface area contributed by atoms with Crippen LogP contribution in [0.15, 0.2) is 24.5 Å². The molecule has 0 unspecified atom stereocenters. The molecule has 0 bridgehead atoms. The number of aromatic nitrogens is 2. The maximum absolute atomic E-state index is 11.0. The van der Waals surface area contributed by atoms with Gasteiger partial charge in [0.25, 0.3) is 0 Å². The summed E-state index contributed by atoms with van der Waals surface area (Å²) >= 11 is 0. The highest BCUT2D eigenvalue weighted by Gasteiger charge is 2.25. The highest BCUT2D eigenvalue weighted by atomic mass is 16.6. The molecule has 0 aliphatic rings. The standard InChI is InChI=1S/C11H9N5O5/c1-6-2-3-7(15(17)18)8(4-6)21-11-9(16(19)20)10(12)13-5-14-11/h2-5H,1H3,(H2,12,13,14). The molecule has 0 radical (unpaired) electrons. The monoisotopic (exact) mass is 291 g/mol. The zero-order valence-electron chi connectivity index (χ0n) is 10.7. The zero-order chi connectivity index (χ0) is 15.6. The summed E-state index contributed by atoms with van der Waals surface area (Å²) in [6.45, 7) is 1.69. The van der Waals surface area contributed by atoms with E-state index in [0.29, 0.717) is 5.56 Å². The summed E-state index contributed by atoms with van der Waals surface area (Å²) in [7, 11) is 0. The van der Waals surface area contributed by atoms with E-state index >= 15 is 0 Å². The second-order valence-electron chi connectivity index (χ2n) is 4.00. The highest BCUT2D eigenvalue weighted by molar-refractivity contribution is 5.60. The maximum Gasteiger partial charge on any atom is 0.372 e. The molecule has 2 aromatic rings. The van der Waals surface area contributed by atoms with Crippen LogP contribution in [-0.2, 0) is 0 Å². The summed E-state index contributed by atoms with van der Waals surface area (Å²) in [5.74, 6) is -1.01. The fraction of sp³-hybridized carbons (Fsp3) is 0.0909. The Labute approximate surface area is 117 Å². The molecular weight excluding hydrogens is 282 g/mol. The first-order chi connectivity index (χ1) is 9.90. The van der Waals surface area contributed by atoms with Gasteiger partial charge in [-0.3, -0.25) is 20.2 Å². The fourth-order valence-electron chi connectivity index (χ4n) is 1.58. The second-order valence-corrected chi connectivity index (χ2v) is 4.00. The van der Waals surface area contributed by atoms with Crippen molar-refractivity contribution >= 4 is 17.2 Å². The van der Waals surface area contributed by atoms with Crippen LogP contribution in [0.3, 0.4) is 0 Å². The van der Waals surface area contributed by atoms with Crippen molar-refractivity contribution in [2.24, 2.45) is 0 Å². The lowest BCUT2D eigenvalue weighted by Crippen LogP contribution is -2.03. The Morgan fingerprint density at radius 2 is 1.90 bits per heavy atom. The van der Waals surface area contributed by atoms with Crippen LogP contribution < -0.4 is 10.5 Å². The van der Waals surface area contributed by atoms with Crippen LogP contribution in [-0.4, -0.2) is 19.8 Å². The summed E-state index contributed by atoms with van der Waals surface area (Å²) in [6.07, 6.45) is 0.972. The van der Waals surface area contributed by atoms with E-state index in [1.54, 1.807) is 6.92 Å². The molecule has 0 fully saturated rings. The third kappa shape index (κ3) is 2.83. The Kier molecular flexibility index (Phi) is 3.61. The van der Waals surface area contributed by atoms with E-state index in [1.165, 1.54) is 18.2 Å². The molecule has 21 heavy (non-hydrogen) atoms. The van der Waals surface area contributed by atoms with Crippen molar-refractivity contribution in [3.63, 3.8) is 0 Å². The summed E-state index contributed by atoms with van der Waals surface area (Å²) in [4.78, 5) is 27.5. The van der Waals surface area contributed by atoms with Crippen LogP contribution in [0.4, 0.5) is 17.2 Å². The van der Waals surface area contributed by atoms with Crippen molar-refractivity contribution in [1.82, 2.24) is 9.97 Å². The fourth-order valence-corrected chi connectivity index (χ4v) is 1.58. The number of nitrogens with zero attached hydrogens (tertiary/aromatic N) is 4. The summed E-state index contributed by atoms with van der Waals surface area (Å²) in [5, 5.41) is 21.9. The summed E-state index contributed by atoms with van der Waals surface area (Å²) in [6, 6.07) is 4.13. The lowest BCUT2D eigenvalue weighted by Gasteiger charge is -2.07. The van der Waals surface area contributed by atoms with Crippen molar-refractivity contribution in [2.45, 2.75) is 6.92 Å². The van der Waals surface area contributed by atoms with Gasteiger partial charge in [0.1, 0.15) is 6.33 Å². The normalized spacial score (nSPS) is 10.1. The topological polar surface area (TPSA) is 147 Å². The van der Waals surface area contributed by atoms with E-state index in [-0.39, 0.29) is 17.3 Å². The number of anilines is 1. The van der Waals surface area contributed by atoms with Crippen LogP contribution in [0.25, 0.3) is 0 Å². The lowest BCUT2D eigenvalue weighted by molar-refractivity contribution is -0.387. The average molecular weight is 291 g/mol. The molecule has 0 aliphatic carbocycles. The number of aryl methyl sites for hydroxylation is 1. The highest BCUT2D eigenvalue weighted by Crippen LogP contribution is 2.36. The molecule has 0 amide bonds. The van der Waals surface area contributed by atoms with Gasteiger partial charge in [0.2, 0.25) is 11.6 Å². The summed E-state index contributed by atoms with van der Waals surface area (Å²) < 4.78 is 5.21. The molecule has 10 nitrogen and oxygen atoms in total. The van der Waals surface area contributed by atoms with Gasteiger partial charge in [-0.15, -0.1) is 0 Å². The van der Waals surface area contributed by atoms with E-state index in [9.17, 15) is 20.2 Å². The van der Waals surface area contributed by atoms with Crippen molar-refractivity contribution in [3.05, 3.63) is 50.3 Å². The molecule has 1 aromatic carbocycles. The number of hydrogen-bond acceptors (Lipinski definition) is 8. The first kappa shape index (κ1) is 14.1. The Morgan fingerprint density at radius 3 is 2.52 bits per heavy atom. The molecule has 0 spiro atoms. The molecule has 1 heterocycles. The molecule has 0 saturated heterocycles. The van der Waals surface area contributed by atoms with E-state index in [2.05, 4.69) is 9.97 Å². The van der Waals surface area contributed by atoms with Gasteiger partial charge >= 0.3 is 17.3 Å². The third-order valence-corrected chi connectivity index (χ3v) is 2.52. The van der Waals surface area contributed by atoms with Gasteiger partial charge < -0.3 is 10.5 Å². The van der Waals surface area contributed by atoms with Crippen LogP contribution in [0.2, 0.25) is 0 Å². The second kappa shape index (κ2) is 5.36. The molecule has 2 N–H and O–H groups in total. The predicted octanol–water partition coefficient (Wildman–Crippen LogP) is 1.98. The minimum atomic E-state index is -0.813. The number of rotatable bonds is 4. The third-order valence-electron chi connectivity index (χ3n) is 2.52. The number of nitrogen functional groups attached to an aromatic ring is 1. The Hall–Kier alpha value is -3.30. The van der Waals surface area contributed by atoms with Crippen molar-refractivity contribution in [1.29, 1.82) is 0 Å². The van der Waals surface area contributed by atoms with E-state index in [1.807, 2.05) is 0 Å². The molecule has 1 aromatic heterocycles. The number of benzene rings is 1. The van der Waals surface area contributed by atoms with Crippen LogP contribution >= 0.6 is 0 Å². The van der Waals surface area contributed by atoms with Gasteiger partial charge in [-0.2, -0.15) is 4.98 Å². The number of ether oxygens (including phenoxy) is 1. The van der Waals surface area contributed by atoms with Crippen LogP contribution in [0.1, 0.15) is 5.56 Å². The van der Waals surface area contributed by atoms with Gasteiger partial charge in [-0.05, 0) is 18.6 Å². The Bertz CT molecular complexity index is 733. The minimum absolute atomic E-state index is 0.166. The van der Waals surface area contributed by atoms with Crippen LogP contribution in [0, 0.1) is 27.2 Å². The number of nitro groups is 2. The van der Waals surface area contributed by atoms with Crippen molar-refractivity contribution in [3.8, 4) is 11.6 Å². The first-order valence-electron chi connectivity index (χ1n) is 5.58. The first-order valence-corrected chi connectivity index (χ1v) is 5.58. The Morgan fingerprint density at radius 1 is 1.19 bits per heavy atom. The van der Waals surface area contributed by atoms with E-state index in [4.69, 9.17) is 10.5 Å². The largest absolute Gasteiger partial charge is 0.426 e. The Balaban J connectivity index is 2.53. The molecular formula is C11H9N5O5. The summed E-state index contributed by atoms with van der Waals surface area (Å²) in [5.41, 5.74) is 5.09. The minimum Gasteiger partial charge on any atom is -0.426 e. The zero-order valence-corrected chi connectivity index (χ0v) is 10.7. The number of hydrogen-bond donors (Lipinski definition) is 1. The maximum atomic E-state index is 11.0. The molecule has 0 aliphatic heterocycles. The molecule has 0 atom stereocenters. The van der Waals surface area contributed by atoms with Gasteiger partial charge in [-0.25, -0.2) is 4.98 Å². The van der Waals surface area contributed by atoms with Crippen molar-refractivity contribution in [2.75, 3.05) is 5.73 Å². The smallest absolute Gasteiger partial charge is 0.372 e. The van der Waals surface area contributed by atoms with E-state index in [0.717, 1.165) is 6.33 Å². The van der Waals surface area contributed by atoms with Gasteiger partial charge in [0.15, 0.2) is 0 Å². The average Bonchev–Trinajstić information content (AvgIpc) is 2.37. The lowest BCUT2D eigenvalue weighted by atomic mass is 10.2. The quantitative estimate of drug-likeness (QED) is 0.663. The number of nitro benzene ring substituents is 1. The molecule has 2 rings (SSSR count). The van der Waals surface area contributed by atoms with Gasteiger partial charge in [0.05, 0.1) is 9.85 Å². The molecule has 0 saturated carbocycles.